The second-order valence-corrected chi connectivity index (χ2v) is 10.1. The van der Waals surface area contributed by atoms with Crippen LogP contribution in [0, 0.1) is 17.2 Å². The van der Waals surface area contributed by atoms with Gasteiger partial charge in [-0.15, -0.1) is 0 Å². The molecular formula is C25H28N10O2. The summed E-state index contributed by atoms with van der Waals surface area (Å²) in [4.78, 5) is 23.6. The van der Waals surface area contributed by atoms with Crippen LogP contribution in [0.3, 0.4) is 0 Å². The first kappa shape index (κ1) is 24.2. The minimum atomic E-state index is -0.906. The molecule has 0 saturated carbocycles. The van der Waals surface area contributed by atoms with Gasteiger partial charge in [0.05, 0.1) is 53.2 Å². The summed E-state index contributed by atoms with van der Waals surface area (Å²) in [7, 11) is 0. The molecule has 4 aromatic rings. The van der Waals surface area contributed by atoms with Crippen LogP contribution >= 0.6 is 0 Å². The minimum Gasteiger partial charge on any atom is -0.389 e. The highest BCUT2D eigenvalue weighted by Gasteiger charge is 2.32. The molecule has 190 valence electrons. The quantitative estimate of drug-likeness (QED) is 0.342. The summed E-state index contributed by atoms with van der Waals surface area (Å²) in [5.41, 5.74) is 7.94. The summed E-state index contributed by atoms with van der Waals surface area (Å²) >= 11 is 0. The van der Waals surface area contributed by atoms with E-state index in [0.29, 0.717) is 35.7 Å². The number of aliphatic hydroxyl groups is 1. The summed E-state index contributed by atoms with van der Waals surface area (Å²) in [6.07, 6.45) is 8.26. The van der Waals surface area contributed by atoms with Crippen LogP contribution in [0.5, 0.6) is 0 Å². The van der Waals surface area contributed by atoms with Crippen LogP contribution in [-0.4, -0.2) is 65.1 Å². The molecule has 1 amide bonds. The Morgan fingerprint density at radius 1 is 1.24 bits per heavy atom. The van der Waals surface area contributed by atoms with Crippen molar-refractivity contribution in [2.75, 3.05) is 23.3 Å². The fraction of sp³-hybridized carbons (Fsp3) is 0.360. The predicted octanol–water partition coefficient (Wildman–Crippen LogP) is 1.67. The molecule has 0 spiro atoms. The molecule has 1 aliphatic heterocycles. The molecule has 4 aromatic heterocycles. The van der Waals surface area contributed by atoms with Crippen molar-refractivity contribution in [1.29, 1.82) is 5.26 Å². The van der Waals surface area contributed by atoms with E-state index in [9.17, 15) is 9.90 Å². The van der Waals surface area contributed by atoms with E-state index in [1.54, 1.807) is 47.7 Å². The first-order valence-electron chi connectivity index (χ1n) is 11.9. The lowest BCUT2D eigenvalue weighted by Crippen LogP contribution is -2.30. The van der Waals surface area contributed by atoms with Gasteiger partial charge >= 0.3 is 0 Å². The molecular weight excluding hydrogens is 472 g/mol. The van der Waals surface area contributed by atoms with Gasteiger partial charge in [0, 0.05) is 37.1 Å². The lowest BCUT2D eigenvalue weighted by molar-refractivity contribution is 0.0577. The Bertz CT molecular complexity index is 1490. The number of aromatic nitrogens is 6. The van der Waals surface area contributed by atoms with Gasteiger partial charge in [-0.1, -0.05) is 6.92 Å². The number of fused-ring (bicyclic) bond motifs is 1. The van der Waals surface area contributed by atoms with Gasteiger partial charge in [-0.05, 0) is 31.9 Å². The molecule has 5 rings (SSSR count). The third kappa shape index (κ3) is 4.94. The first-order valence-corrected chi connectivity index (χ1v) is 11.9. The number of nitriles is 1. The van der Waals surface area contributed by atoms with Crippen molar-refractivity contribution in [2.24, 2.45) is 11.7 Å². The zero-order chi connectivity index (χ0) is 26.3. The predicted molar refractivity (Wildman–Crippen MR) is 137 cm³/mol. The zero-order valence-corrected chi connectivity index (χ0v) is 20.8. The number of nitrogens with two attached hydrogens (primary N) is 1. The van der Waals surface area contributed by atoms with Crippen molar-refractivity contribution >= 4 is 23.1 Å². The van der Waals surface area contributed by atoms with Crippen LogP contribution in [0.15, 0.2) is 43.1 Å². The van der Waals surface area contributed by atoms with Gasteiger partial charge in [-0.2, -0.15) is 15.5 Å². The lowest BCUT2D eigenvalue weighted by atomic mass is 10.1. The fourth-order valence-corrected chi connectivity index (χ4v) is 4.55. The van der Waals surface area contributed by atoms with Gasteiger partial charge in [-0.25, -0.2) is 14.5 Å². The Balaban J connectivity index is 1.45. The number of hydrogen-bond donors (Lipinski definition) is 3. The molecule has 0 radical (unpaired) electrons. The number of nitrogens with zero attached hydrogens (tertiary/aromatic N) is 8. The molecule has 2 atom stereocenters. The van der Waals surface area contributed by atoms with E-state index in [1.807, 2.05) is 12.3 Å². The van der Waals surface area contributed by atoms with E-state index in [1.165, 1.54) is 6.20 Å². The molecule has 37 heavy (non-hydrogen) atoms. The van der Waals surface area contributed by atoms with E-state index < -0.39 is 11.5 Å². The van der Waals surface area contributed by atoms with E-state index in [4.69, 9.17) is 16.0 Å². The van der Waals surface area contributed by atoms with Gasteiger partial charge in [0.25, 0.3) is 5.91 Å². The average Bonchev–Trinajstić information content (AvgIpc) is 3.57. The molecule has 4 N–H and O–H groups in total. The van der Waals surface area contributed by atoms with Crippen molar-refractivity contribution in [3.8, 4) is 17.3 Å². The van der Waals surface area contributed by atoms with Gasteiger partial charge in [0.1, 0.15) is 11.9 Å². The minimum absolute atomic E-state index is 0.0172. The molecule has 0 bridgehead atoms. The van der Waals surface area contributed by atoms with Crippen LogP contribution in [0.1, 0.15) is 36.7 Å². The number of carbonyl (C=O) groups excluding carboxylic acids is 1. The monoisotopic (exact) mass is 500 g/mol. The van der Waals surface area contributed by atoms with Crippen LogP contribution in [0.25, 0.3) is 16.9 Å². The Morgan fingerprint density at radius 2 is 2.05 bits per heavy atom. The maximum Gasteiger partial charge on any atom is 0.252 e. The molecule has 0 aromatic carbocycles. The van der Waals surface area contributed by atoms with Crippen molar-refractivity contribution in [2.45, 2.75) is 39.0 Å². The maximum atomic E-state index is 12.3. The second kappa shape index (κ2) is 9.18. The summed E-state index contributed by atoms with van der Waals surface area (Å²) in [5, 5.41) is 31.3. The Labute approximate surface area is 213 Å². The van der Waals surface area contributed by atoms with Gasteiger partial charge in [0.15, 0.2) is 5.65 Å². The largest absolute Gasteiger partial charge is 0.389 e. The summed E-state index contributed by atoms with van der Waals surface area (Å²) in [6, 6.07) is 5.66. The summed E-state index contributed by atoms with van der Waals surface area (Å²) in [6.45, 7) is 7.29. The van der Waals surface area contributed by atoms with E-state index in [0.717, 1.165) is 17.9 Å². The highest BCUT2D eigenvalue weighted by Crippen LogP contribution is 2.30. The number of nitrogens with one attached hydrogen (secondary N) is 1. The topological polar surface area (TPSA) is 163 Å². The number of pyridine rings is 1. The zero-order valence-electron chi connectivity index (χ0n) is 20.8. The van der Waals surface area contributed by atoms with Crippen molar-refractivity contribution in [1.82, 2.24) is 29.4 Å². The molecule has 1 aliphatic rings. The number of carbonyl (C=O) groups is 1. The number of anilines is 2. The van der Waals surface area contributed by atoms with E-state index >= 15 is 0 Å². The number of amides is 1. The Morgan fingerprint density at radius 3 is 2.73 bits per heavy atom. The molecule has 1 saturated heterocycles. The van der Waals surface area contributed by atoms with Gasteiger partial charge in [-0.3, -0.25) is 9.48 Å². The van der Waals surface area contributed by atoms with Crippen LogP contribution in [-0.2, 0) is 6.54 Å². The van der Waals surface area contributed by atoms with E-state index in [2.05, 4.69) is 38.4 Å². The smallest absolute Gasteiger partial charge is 0.252 e. The molecule has 12 heteroatoms. The second-order valence-electron chi connectivity index (χ2n) is 10.1. The van der Waals surface area contributed by atoms with Crippen molar-refractivity contribution in [3.63, 3.8) is 0 Å². The molecule has 1 fully saturated rings. The Kier molecular flexibility index (Phi) is 6.01. The number of primary amides is 1. The Hall–Kier alpha value is -4.50. The standard InChI is InChI=1S/C25H28N10O2/c1-15-10-33(21-5-4-16(6-26)7-28-21)12-19(15)31-22-18(23(27)36)9-30-35-13-20(32-24(22)35)17-8-29-34(11-17)14-25(2,3)37/h4-5,7-9,11,13,15,19,31,37H,10,12,14H2,1-3H3,(H2,27,36)/t15-,19-/m1/s1. The van der Waals surface area contributed by atoms with Gasteiger partial charge in [0.2, 0.25) is 0 Å². The van der Waals surface area contributed by atoms with Crippen molar-refractivity contribution < 1.29 is 9.90 Å². The van der Waals surface area contributed by atoms with E-state index in [-0.39, 0.29) is 17.5 Å². The molecule has 0 unspecified atom stereocenters. The summed E-state index contributed by atoms with van der Waals surface area (Å²) < 4.78 is 3.27. The highest BCUT2D eigenvalue weighted by atomic mass is 16.3. The normalized spacial score (nSPS) is 17.8. The molecule has 0 aliphatic carbocycles. The number of rotatable bonds is 7. The van der Waals surface area contributed by atoms with Crippen LogP contribution in [0.4, 0.5) is 11.5 Å². The average molecular weight is 501 g/mol. The maximum absolute atomic E-state index is 12.3. The fourth-order valence-electron chi connectivity index (χ4n) is 4.55. The van der Waals surface area contributed by atoms with Crippen LogP contribution in [0.2, 0.25) is 0 Å². The molecule has 12 nitrogen and oxygen atoms in total. The third-order valence-corrected chi connectivity index (χ3v) is 6.38. The number of hydrogen-bond acceptors (Lipinski definition) is 9. The lowest BCUT2D eigenvalue weighted by Gasteiger charge is -2.20. The van der Waals surface area contributed by atoms with Crippen molar-refractivity contribution in [3.05, 3.63) is 54.2 Å². The van der Waals surface area contributed by atoms with Crippen LogP contribution < -0.4 is 16.0 Å². The summed E-state index contributed by atoms with van der Waals surface area (Å²) in [5.74, 6) is 0.411. The first-order chi connectivity index (χ1) is 17.6. The highest BCUT2D eigenvalue weighted by molar-refractivity contribution is 6.01. The SMILES string of the molecule is C[C@@H]1CN(c2ccc(C#N)cn2)C[C@H]1Nc1c(C(N)=O)cnn2cc(-c3cnn(CC(C)(C)O)c3)nc12. The number of imidazole rings is 1. The third-order valence-electron chi connectivity index (χ3n) is 6.38. The molecule has 5 heterocycles. The van der Waals surface area contributed by atoms with Gasteiger partial charge < -0.3 is 21.1 Å².